The minimum atomic E-state index is 0.667. The molecule has 0 amide bonds. The predicted molar refractivity (Wildman–Crippen MR) is 37.4 cm³/mol. The van der Waals surface area contributed by atoms with Gasteiger partial charge in [-0.15, -0.1) is 0 Å². The second-order valence-electron chi connectivity index (χ2n) is 1.24. The maximum absolute atomic E-state index is 8.05. The fourth-order valence-corrected chi connectivity index (χ4v) is 0.552. The average Bonchev–Trinajstić information content (AvgIpc) is 1.83. The average molecular weight is 125 g/mol. The molecule has 0 saturated heterocycles. The number of thiocyanates is 1. The van der Waals surface area contributed by atoms with Crippen LogP contribution >= 0.6 is 11.8 Å². The summed E-state index contributed by atoms with van der Waals surface area (Å²) in [4.78, 5) is 0. The zero-order chi connectivity index (χ0) is 6.41. The van der Waals surface area contributed by atoms with Crippen molar-refractivity contribution < 1.29 is 0 Å². The Morgan fingerprint density at radius 2 is 2.50 bits per heavy atom. The van der Waals surface area contributed by atoms with Crippen molar-refractivity contribution in [3.8, 4) is 5.40 Å². The SMILES string of the molecule is C=CC(=C)CSC#N. The standard InChI is InChI=1S/C6H7NS/c1-3-6(2)4-8-5-7/h3H,1-2,4H2. The topological polar surface area (TPSA) is 23.8 Å². The van der Waals surface area contributed by atoms with Gasteiger partial charge in [-0.25, -0.2) is 0 Å². The van der Waals surface area contributed by atoms with Crippen LogP contribution in [0.5, 0.6) is 0 Å². The Morgan fingerprint density at radius 1 is 1.88 bits per heavy atom. The number of hydrogen-bond acceptors (Lipinski definition) is 2. The van der Waals surface area contributed by atoms with E-state index in [4.69, 9.17) is 5.26 Å². The highest BCUT2D eigenvalue weighted by Gasteiger charge is 1.84. The molecule has 0 spiro atoms. The van der Waals surface area contributed by atoms with Gasteiger partial charge in [-0.3, -0.25) is 0 Å². The molecule has 0 aliphatic carbocycles. The molecular weight excluding hydrogens is 118 g/mol. The smallest absolute Gasteiger partial charge is 0.133 e. The van der Waals surface area contributed by atoms with Gasteiger partial charge in [0.25, 0.3) is 0 Å². The molecule has 0 radical (unpaired) electrons. The van der Waals surface area contributed by atoms with Gasteiger partial charge in [-0.1, -0.05) is 19.2 Å². The van der Waals surface area contributed by atoms with Gasteiger partial charge in [0.05, 0.1) is 0 Å². The summed E-state index contributed by atoms with van der Waals surface area (Å²) >= 11 is 1.18. The van der Waals surface area contributed by atoms with E-state index in [2.05, 4.69) is 13.2 Å². The maximum atomic E-state index is 8.05. The van der Waals surface area contributed by atoms with Gasteiger partial charge in [0.2, 0.25) is 0 Å². The van der Waals surface area contributed by atoms with Crippen LogP contribution in [0, 0.1) is 10.7 Å². The van der Waals surface area contributed by atoms with Gasteiger partial charge in [0.1, 0.15) is 5.40 Å². The molecule has 1 nitrogen and oxygen atoms in total. The molecule has 0 aliphatic heterocycles. The number of allylic oxidation sites excluding steroid dienone is 1. The zero-order valence-electron chi connectivity index (χ0n) is 4.55. The second kappa shape index (κ2) is 4.48. The Hall–Kier alpha value is -0.680. The lowest BCUT2D eigenvalue weighted by molar-refractivity contribution is 1.56. The Morgan fingerprint density at radius 3 is 2.88 bits per heavy atom. The van der Waals surface area contributed by atoms with Crippen LogP contribution < -0.4 is 0 Å². The molecule has 0 unspecified atom stereocenters. The van der Waals surface area contributed by atoms with Crippen LogP contribution in [0.1, 0.15) is 0 Å². The minimum Gasteiger partial charge on any atom is -0.185 e. The molecule has 0 aromatic heterocycles. The van der Waals surface area contributed by atoms with Gasteiger partial charge >= 0.3 is 0 Å². The molecule has 0 N–H and O–H groups in total. The van der Waals surface area contributed by atoms with E-state index in [0.717, 1.165) is 5.57 Å². The van der Waals surface area contributed by atoms with Crippen LogP contribution in [0.3, 0.4) is 0 Å². The lowest BCUT2D eigenvalue weighted by Crippen LogP contribution is -1.75. The number of nitrogens with zero attached hydrogens (tertiary/aromatic N) is 1. The van der Waals surface area contributed by atoms with E-state index < -0.39 is 0 Å². The minimum absolute atomic E-state index is 0.667. The highest BCUT2D eigenvalue weighted by atomic mass is 32.2. The van der Waals surface area contributed by atoms with Crippen molar-refractivity contribution in [2.45, 2.75) is 0 Å². The van der Waals surface area contributed by atoms with E-state index in [1.165, 1.54) is 11.8 Å². The summed E-state index contributed by atoms with van der Waals surface area (Å²) in [7, 11) is 0. The molecule has 0 rings (SSSR count). The van der Waals surface area contributed by atoms with Crippen molar-refractivity contribution in [1.29, 1.82) is 5.26 Å². The summed E-state index contributed by atoms with van der Waals surface area (Å²) < 4.78 is 0. The number of nitriles is 1. The maximum Gasteiger partial charge on any atom is 0.133 e. The van der Waals surface area contributed by atoms with Gasteiger partial charge in [0.15, 0.2) is 0 Å². The number of rotatable bonds is 3. The first-order valence-electron chi connectivity index (χ1n) is 2.12. The lowest BCUT2D eigenvalue weighted by Gasteiger charge is -1.87. The Balaban J connectivity index is 3.28. The predicted octanol–water partition coefficient (Wildman–Crippen LogP) is 1.94. The molecule has 2 heteroatoms. The fourth-order valence-electron chi connectivity index (χ4n) is 0.184. The normalized spacial score (nSPS) is 7.38. The monoisotopic (exact) mass is 125 g/mol. The highest BCUT2D eigenvalue weighted by molar-refractivity contribution is 8.03. The third-order valence-corrected chi connectivity index (χ3v) is 1.26. The lowest BCUT2D eigenvalue weighted by atomic mass is 10.4. The third-order valence-electron chi connectivity index (χ3n) is 0.611. The summed E-state index contributed by atoms with van der Waals surface area (Å²) in [6, 6.07) is 0. The van der Waals surface area contributed by atoms with Gasteiger partial charge in [0, 0.05) is 5.75 Å². The molecule has 0 aromatic carbocycles. The molecule has 0 fully saturated rings. The number of thioether (sulfide) groups is 1. The molecule has 0 aromatic rings. The molecule has 0 saturated carbocycles. The van der Waals surface area contributed by atoms with Crippen molar-refractivity contribution in [2.75, 3.05) is 5.75 Å². The summed E-state index contributed by atoms with van der Waals surface area (Å²) in [5, 5.41) is 9.99. The molecular formula is C6H7NS. The van der Waals surface area contributed by atoms with Crippen molar-refractivity contribution >= 4 is 11.8 Å². The summed E-state index contributed by atoms with van der Waals surface area (Å²) in [5.41, 5.74) is 0.900. The quantitative estimate of drug-likeness (QED) is 0.425. The Labute approximate surface area is 53.7 Å². The van der Waals surface area contributed by atoms with Crippen LogP contribution in [0.2, 0.25) is 0 Å². The van der Waals surface area contributed by atoms with Crippen LogP contribution in [-0.4, -0.2) is 5.75 Å². The van der Waals surface area contributed by atoms with Crippen LogP contribution in [0.4, 0.5) is 0 Å². The molecule has 42 valence electrons. The summed E-state index contributed by atoms with van der Waals surface area (Å²) in [6.45, 7) is 7.11. The molecule has 0 atom stereocenters. The highest BCUT2D eigenvalue weighted by Crippen LogP contribution is 2.03. The summed E-state index contributed by atoms with van der Waals surface area (Å²) in [6.07, 6.45) is 1.66. The Kier molecular flexibility index (Phi) is 4.10. The molecule has 0 bridgehead atoms. The third kappa shape index (κ3) is 3.51. The number of hydrogen-bond donors (Lipinski definition) is 0. The first kappa shape index (κ1) is 7.32. The van der Waals surface area contributed by atoms with Gasteiger partial charge in [-0.2, -0.15) is 5.26 Å². The van der Waals surface area contributed by atoms with E-state index in [0.29, 0.717) is 5.75 Å². The first-order valence-corrected chi connectivity index (χ1v) is 3.11. The van der Waals surface area contributed by atoms with Crippen LogP contribution in [-0.2, 0) is 0 Å². The summed E-state index contributed by atoms with van der Waals surface area (Å²) in [5.74, 6) is 0.667. The van der Waals surface area contributed by atoms with Gasteiger partial charge < -0.3 is 0 Å². The van der Waals surface area contributed by atoms with Crippen LogP contribution in [0.15, 0.2) is 24.8 Å². The van der Waals surface area contributed by atoms with Crippen LogP contribution in [0.25, 0.3) is 0 Å². The zero-order valence-corrected chi connectivity index (χ0v) is 5.37. The van der Waals surface area contributed by atoms with Crippen molar-refractivity contribution in [3.63, 3.8) is 0 Å². The van der Waals surface area contributed by atoms with Crippen molar-refractivity contribution in [2.24, 2.45) is 0 Å². The van der Waals surface area contributed by atoms with Crippen molar-refractivity contribution in [3.05, 3.63) is 24.8 Å². The fraction of sp³-hybridized carbons (Fsp3) is 0.167. The Bertz CT molecular complexity index is 132. The van der Waals surface area contributed by atoms with E-state index in [-0.39, 0.29) is 0 Å². The van der Waals surface area contributed by atoms with Crippen molar-refractivity contribution in [1.82, 2.24) is 0 Å². The van der Waals surface area contributed by atoms with E-state index in [1.807, 2.05) is 5.40 Å². The largest absolute Gasteiger partial charge is 0.185 e. The van der Waals surface area contributed by atoms with E-state index in [9.17, 15) is 0 Å². The van der Waals surface area contributed by atoms with Gasteiger partial charge in [-0.05, 0) is 17.3 Å². The first-order chi connectivity index (χ1) is 3.81. The van der Waals surface area contributed by atoms with E-state index >= 15 is 0 Å². The molecule has 0 heterocycles. The molecule has 8 heavy (non-hydrogen) atoms. The molecule has 0 aliphatic rings. The second-order valence-corrected chi connectivity index (χ2v) is 2.00. The van der Waals surface area contributed by atoms with E-state index in [1.54, 1.807) is 6.08 Å².